The van der Waals surface area contributed by atoms with E-state index in [0.717, 1.165) is 47.3 Å². The van der Waals surface area contributed by atoms with Crippen molar-refractivity contribution < 1.29 is 0 Å². The Labute approximate surface area is 114 Å². The van der Waals surface area contributed by atoms with Gasteiger partial charge < -0.3 is 0 Å². The van der Waals surface area contributed by atoms with Gasteiger partial charge in [0, 0.05) is 0 Å². The second kappa shape index (κ2) is 3.05. The maximum Gasteiger partial charge on any atom is 0.0783 e. The molecule has 2 nitrogen and oxygen atoms in total. The predicted molar refractivity (Wildman–Crippen MR) is 72.5 cm³/mol. The van der Waals surface area contributed by atoms with E-state index < -0.39 is 0 Å². The van der Waals surface area contributed by atoms with Crippen LogP contribution in [-0.2, 0) is 0 Å². The smallest absolute Gasteiger partial charge is 0.0783 e. The molecule has 19 heavy (non-hydrogen) atoms. The van der Waals surface area contributed by atoms with E-state index in [1.165, 1.54) is 19.3 Å². The van der Waals surface area contributed by atoms with Crippen molar-refractivity contribution >= 4 is 0 Å². The monoisotopic (exact) mass is 252 g/mol. The van der Waals surface area contributed by atoms with Crippen LogP contribution in [0.15, 0.2) is 34.5 Å². The van der Waals surface area contributed by atoms with Crippen molar-refractivity contribution in [1.29, 1.82) is 0 Å². The van der Waals surface area contributed by atoms with Gasteiger partial charge in [-0.2, -0.15) is 10.2 Å². The molecule has 0 aromatic heterocycles. The van der Waals surface area contributed by atoms with Crippen molar-refractivity contribution in [3.63, 3.8) is 0 Å². The molecule has 2 heterocycles. The minimum atomic E-state index is 0.567. The lowest BCUT2D eigenvalue weighted by Gasteiger charge is -2.59. The molecule has 8 rings (SSSR count). The molecule has 3 fully saturated rings. The van der Waals surface area contributed by atoms with Gasteiger partial charge in [0.1, 0.15) is 0 Å². The number of hydrogen-bond donors (Lipinski definition) is 0. The molecule has 0 N–H and O–H groups in total. The highest BCUT2D eigenvalue weighted by atomic mass is 15.2. The average molecular weight is 252 g/mol. The molecule has 0 aromatic carbocycles. The van der Waals surface area contributed by atoms with Gasteiger partial charge in [-0.3, -0.25) is 0 Å². The van der Waals surface area contributed by atoms with Crippen molar-refractivity contribution in [2.75, 3.05) is 0 Å². The van der Waals surface area contributed by atoms with Gasteiger partial charge in [-0.05, 0) is 66.6 Å². The lowest BCUT2D eigenvalue weighted by Crippen LogP contribution is -2.61. The van der Waals surface area contributed by atoms with E-state index in [-0.39, 0.29) is 0 Å². The van der Waals surface area contributed by atoms with Gasteiger partial charge in [0.05, 0.1) is 12.1 Å². The van der Waals surface area contributed by atoms with Crippen molar-refractivity contribution in [2.24, 2.45) is 57.6 Å². The summed E-state index contributed by atoms with van der Waals surface area (Å²) >= 11 is 0. The maximum atomic E-state index is 4.82. The summed E-state index contributed by atoms with van der Waals surface area (Å²) in [6.07, 6.45) is 14.3. The largest absolute Gasteiger partial charge is 0.190 e. The highest BCUT2D eigenvalue weighted by Crippen LogP contribution is 2.65. The number of azo groups is 1. The molecule has 0 radical (unpaired) electrons. The van der Waals surface area contributed by atoms with Gasteiger partial charge in [0.15, 0.2) is 0 Å². The normalized spacial score (nSPS) is 65.7. The van der Waals surface area contributed by atoms with Crippen LogP contribution >= 0.6 is 0 Å². The lowest BCUT2D eigenvalue weighted by molar-refractivity contribution is -0.0488. The van der Waals surface area contributed by atoms with Gasteiger partial charge in [-0.25, -0.2) is 0 Å². The molecule has 8 aliphatic rings. The summed E-state index contributed by atoms with van der Waals surface area (Å²) in [6, 6.07) is 1.13. The minimum Gasteiger partial charge on any atom is -0.190 e. The van der Waals surface area contributed by atoms with Gasteiger partial charge in [0.2, 0.25) is 0 Å². The Morgan fingerprint density at radius 1 is 0.579 bits per heavy atom. The van der Waals surface area contributed by atoms with Gasteiger partial charge in [0.25, 0.3) is 0 Å². The Morgan fingerprint density at radius 3 is 1.47 bits per heavy atom. The summed E-state index contributed by atoms with van der Waals surface area (Å²) in [5.74, 6) is 6.73. The van der Waals surface area contributed by atoms with Crippen molar-refractivity contribution in [2.45, 2.75) is 31.3 Å². The molecular weight excluding hydrogens is 232 g/mol. The van der Waals surface area contributed by atoms with E-state index in [1.807, 2.05) is 0 Å². The summed E-state index contributed by atoms with van der Waals surface area (Å²) in [5, 5.41) is 9.64. The van der Waals surface area contributed by atoms with Crippen LogP contribution in [0.1, 0.15) is 19.3 Å². The van der Waals surface area contributed by atoms with E-state index in [1.54, 1.807) is 0 Å². The molecule has 0 unspecified atom stereocenters. The number of nitrogens with zero attached hydrogens (tertiary/aromatic N) is 2. The number of hydrogen-bond acceptors (Lipinski definition) is 2. The maximum absolute atomic E-state index is 4.82. The Bertz CT molecular complexity index is 489. The molecule has 0 aromatic rings. The van der Waals surface area contributed by atoms with Crippen molar-refractivity contribution in [1.82, 2.24) is 0 Å². The summed E-state index contributed by atoms with van der Waals surface area (Å²) in [5.41, 5.74) is 0. The Balaban J connectivity index is 1.53. The van der Waals surface area contributed by atoms with E-state index in [2.05, 4.69) is 24.3 Å². The summed E-state index contributed by atoms with van der Waals surface area (Å²) in [4.78, 5) is 0. The van der Waals surface area contributed by atoms with Crippen LogP contribution in [0.4, 0.5) is 0 Å². The van der Waals surface area contributed by atoms with Crippen molar-refractivity contribution in [3.8, 4) is 0 Å². The van der Waals surface area contributed by atoms with E-state index in [9.17, 15) is 0 Å². The number of rotatable bonds is 0. The number of allylic oxidation sites excluding steroid dienone is 4. The highest BCUT2D eigenvalue weighted by Gasteiger charge is 2.65. The third-order valence-electron chi connectivity index (χ3n) is 7.37. The fraction of sp³-hybridized carbons (Fsp3) is 0.765. The van der Waals surface area contributed by atoms with Gasteiger partial charge in [-0.15, -0.1) is 0 Å². The summed E-state index contributed by atoms with van der Waals surface area (Å²) in [6.45, 7) is 0. The first-order valence-electron chi connectivity index (χ1n) is 8.18. The zero-order chi connectivity index (χ0) is 12.1. The van der Waals surface area contributed by atoms with E-state index >= 15 is 0 Å². The molecule has 6 aliphatic carbocycles. The van der Waals surface area contributed by atoms with Crippen LogP contribution < -0.4 is 0 Å². The highest BCUT2D eigenvalue weighted by molar-refractivity contribution is 5.27. The molecule has 2 aliphatic heterocycles. The molecule has 3 saturated carbocycles. The molecular formula is C17H20N2. The SMILES string of the molecule is C1=C[C@H]2CC[C@H]1[C@@H]1[C@H]3N=N[C@@H]([C@H]12)[C@H]1[C@H]3[C@H]2C=C[C@H]1C2. The number of fused-ring (bicyclic) bond motifs is 3. The molecule has 0 saturated heterocycles. The first-order valence-corrected chi connectivity index (χ1v) is 8.18. The Morgan fingerprint density at radius 2 is 1.00 bits per heavy atom. The molecule has 2 heteroatoms. The van der Waals surface area contributed by atoms with Gasteiger partial charge in [-0.1, -0.05) is 24.3 Å². The standard InChI is InChI=1S/C17H20N2/c1-2-9-4-3-8(1)12-13(9)17-15-11-6-5-10(7-11)14(15)16(12)18-19-17/h1-2,5-6,8-17H,3-4,7H2/t8-,9-,10-,11-,12-,13-,14+,15+,16-,17+/m0/s1. The molecule has 0 spiro atoms. The zero-order valence-electron chi connectivity index (χ0n) is 11.1. The fourth-order valence-corrected chi connectivity index (χ4v) is 6.87. The van der Waals surface area contributed by atoms with Crippen LogP contribution in [0.2, 0.25) is 0 Å². The second-order valence-electron chi connectivity index (χ2n) is 7.76. The van der Waals surface area contributed by atoms with Gasteiger partial charge >= 0.3 is 0 Å². The van der Waals surface area contributed by atoms with Crippen molar-refractivity contribution in [3.05, 3.63) is 24.3 Å². The zero-order valence-corrected chi connectivity index (χ0v) is 11.1. The third kappa shape index (κ3) is 0.976. The summed E-state index contributed by atoms with van der Waals surface area (Å²) in [7, 11) is 0. The topological polar surface area (TPSA) is 24.7 Å². The molecule has 6 bridgehead atoms. The van der Waals surface area contributed by atoms with Crippen LogP contribution in [0.3, 0.4) is 0 Å². The van der Waals surface area contributed by atoms with E-state index in [4.69, 9.17) is 10.2 Å². The Kier molecular flexibility index (Phi) is 1.59. The predicted octanol–water partition coefficient (Wildman–Crippen LogP) is 3.47. The second-order valence-corrected chi connectivity index (χ2v) is 7.76. The average Bonchev–Trinajstić information content (AvgIpc) is 3.12. The summed E-state index contributed by atoms with van der Waals surface area (Å²) < 4.78 is 0. The lowest BCUT2D eigenvalue weighted by atomic mass is 9.48. The first kappa shape index (κ1) is 9.90. The molecule has 0 amide bonds. The van der Waals surface area contributed by atoms with Crippen LogP contribution in [0, 0.1) is 47.3 Å². The quantitative estimate of drug-likeness (QED) is 0.590. The third-order valence-corrected chi connectivity index (χ3v) is 7.37. The minimum absolute atomic E-state index is 0.567. The Hall–Kier alpha value is -0.920. The molecule has 98 valence electrons. The van der Waals surface area contributed by atoms with Crippen LogP contribution in [-0.4, -0.2) is 12.1 Å². The van der Waals surface area contributed by atoms with Crippen LogP contribution in [0.5, 0.6) is 0 Å². The first-order chi connectivity index (χ1) is 9.42. The fourth-order valence-electron chi connectivity index (χ4n) is 6.87. The van der Waals surface area contributed by atoms with Crippen LogP contribution in [0.25, 0.3) is 0 Å². The molecule has 10 atom stereocenters. The van der Waals surface area contributed by atoms with E-state index in [0.29, 0.717) is 12.1 Å².